The minimum absolute atomic E-state index is 0.0345. The van der Waals surface area contributed by atoms with Gasteiger partial charge in [0.1, 0.15) is 0 Å². The van der Waals surface area contributed by atoms with E-state index in [1.54, 1.807) is 19.1 Å². The summed E-state index contributed by atoms with van der Waals surface area (Å²) in [5.74, 6) is -0.104. The maximum absolute atomic E-state index is 11.6. The van der Waals surface area contributed by atoms with Crippen molar-refractivity contribution < 1.29 is 9.59 Å². The topological polar surface area (TPSA) is 46.2 Å². The smallest absolute Gasteiger partial charge is 0.216 e. The van der Waals surface area contributed by atoms with Crippen molar-refractivity contribution >= 4 is 23.3 Å². The first-order valence-corrected chi connectivity index (χ1v) is 5.96. The molecule has 1 amide bonds. The highest BCUT2D eigenvalue weighted by Gasteiger charge is 2.11. The zero-order valence-electron chi connectivity index (χ0n) is 10.00. The van der Waals surface area contributed by atoms with Crippen LogP contribution in [0.25, 0.3) is 0 Å². The maximum Gasteiger partial charge on any atom is 0.216 e. The monoisotopic (exact) mass is 253 g/mol. The third-order valence-electron chi connectivity index (χ3n) is 2.39. The Hall–Kier alpha value is -1.35. The van der Waals surface area contributed by atoms with Crippen molar-refractivity contribution in [3.8, 4) is 0 Å². The molecule has 3 nitrogen and oxygen atoms in total. The molecule has 0 aliphatic heterocycles. The second-order valence-corrected chi connectivity index (χ2v) is 4.56. The summed E-state index contributed by atoms with van der Waals surface area (Å²) in [6, 6.07) is 7.30. The van der Waals surface area contributed by atoms with Gasteiger partial charge in [-0.3, -0.25) is 9.59 Å². The lowest BCUT2D eigenvalue weighted by Crippen LogP contribution is -2.22. The molecule has 0 aromatic heterocycles. The fourth-order valence-corrected chi connectivity index (χ4v) is 1.57. The van der Waals surface area contributed by atoms with Crippen LogP contribution in [0.15, 0.2) is 24.3 Å². The van der Waals surface area contributed by atoms with Crippen LogP contribution in [0.2, 0.25) is 0 Å². The van der Waals surface area contributed by atoms with Crippen molar-refractivity contribution in [2.45, 2.75) is 25.6 Å². The molecule has 0 heterocycles. The third-order valence-corrected chi connectivity index (χ3v) is 2.59. The van der Waals surface area contributed by atoms with Crippen LogP contribution in [-0.2, 0) is 11.2 Å². The van der Waals surface area contributed by atoms with E-state index in [0.717, 1.165) is 12.0 Å². The lowest BCUT2D eigenvalue weighted by atomic mass is 10.0. The molecule has 1 aromatic rings. The zero-order chi connectivity index (χ0) is 12.8. The molecule has 1 N–H and O–H groups in total. The number of benzene rings is 1. The molecule has 0 radical (unpaired) electrons. The SMILES string of the molecule is CC(=O)NCCc1ccc(C(=O)[C@H](C)Cl)cc1. The van der Waals surface area contributed by atoms with Gasteiger partial charge in [0.2, 0.25) is 5.91 Å². The lowest BCUT2D eigenvalue weighted by molar-refractivity contribution is -0.118. The quantitative estimate of drug-likeness (QED) is 0.646. The summed E-state index contributed by atoms with van der Waals surface area (Å²) in [4.78, 5) is 22.3. The van der Waals surface area contributed by atoms with E-state index in [0.29, 0.717) is 12.1 Å². The van der Waals surface area contributed by atoms with E-state index in [9.17, 15) is 9.59 Å². The predicted molar refractivity (Wildman–Crippen MR) is 68.5 cm³/mol. The fourth-order valence-electron chi connectivity index (χ4n) is 1.45. The molecule has 92 valence electrons. The van der Waals surface area contributed by atoms with E-state index in [1.807, 2.05) is 12.1 Å². The third kappa shape index (κ3) is 4.57. The minimum Gasteiger partial charge on any atom is -0.356 e. The molecular formula is C13H16ClNO2. The fraction of sp³-hybridized carbons (Fsp3) is 0.385. The maximum atomic E-state index is 11.6. The van der Waals surface area contributed by atoms with E-state index >= 15 is 0 Å². The molecule has 0 bridgehead atoms. The molecule has 1 atom stereocenters. The lowest BCUT2D eigenvalue weighted by Gasteiger charge is -2.05. The van der Waals surface area contributed by atoms with Crippen LogP contribution >= 0.6 is 11.6 Å². The first-order valence-electron chi connectivity index (χ1n) is 5.52. The van der Waals surface area contributed by atoms with Crippen molar-refractivity contribution in [1.82, 2.24) is 5.32 Å². The van der Waals surface area contributed by atoms with Crippen LogP contribution < -0.4 is 5.32 Å². The number of hydrogen-bond acceptors (Lipinski definition) is 2. The van der Waals surface area contributed by atoms with Crippen LogP contribution in [0.4, 0.5) is 0 Å². The zero-order valence-corrected chi connectivity index (χ0v) is 10.8. The van der Waals surface area contributed by atoms with Gasteiger partial charge in [-0.15, -0.1) is 11.6 Å². The number of alkyl halides is 1. The highest BCUT2D eigenvalue weighted by molar-refractivity contribution is 6.33. The average molecular weight is 254 g/mol. The molecule has 0 unspecified atom stereocenters. The number of carbonyl (C=O) groups is 2. The molecule has 1 aromatic carbocycles. The molecule has 0 spiro atoms. The number of carbonyl (C=O) groups excluding carboxylic acids is 2. The Labute approximate surface area is 106 Å². The summed E-state index contributed by atoms with van der Waals surface area (Å²) in [6.45, 7) is 3.76. The van der Waals surface area contributed by atoms with E-state index < -0.39 is 5.38 Å². The first kappa shape index (κ1) is 13.7. The molecule has 1 rings (SSSR count). The normalized spacial score (nSPS) is 11.9. The van der Waals surface area contributed by atoms with Crippen LogP contribution in [0.3, 0.4) is 0 Å². The molecule has 4 heteroatoms. The van der Waals surface area contributed by atoms with Crippen LogP contribution in [0.1, 0.15) is 29.8 Å². The van der Waals surface area contributed by atoms with Gasteiger partial charge < -0.3 is 5.32 Å². The summed E-state index contributed by atoms with van der Waals surface area (Å²) in [5.41, 5.74) is 1.70. The highest BCUT2D eigenvalue weighted by atomic mass is 35.5. The van der Waals surface area contributed by atoms with E-state index in [4.69, 9.17) is 11.6 Å². The average Bonchev–Trinajstić information content (AvgIpc) is 2.28. The van der Waals surface area contributed by atoms with E-state index in [1.165, 1.54) is 6.92 Å². The summed E-state index contributed by atoms with van der Waals surface area (Å²) in [6.07, 6.45) is 0.754. The van der Waals surface area contributed by atoms with Gasteiger partial charge in [-0.25, -0.2) is 0 Å². The Kier molecular flexibility index (Phi) is 5.16. The number of Topliss-reactive ketones (excluding diaryl/α,β-unsaturated/α-hetero) is 1. The number of ketones is 1. The number of rotatable bonds is 5. The predicted octanol–water partition coefficient (Wildman–Crippen LogP) is 2.18. The van der Waals surface area contributed by atoms with Crippen LogP contribution in [0, 0.1) is 0 Å². The van der Waals surface area contributed by atoms with Gasteiger partial charge in [0.05, 0.1) is 5.38 Å². The van der Waals surface area contributed by atoms with Gasteiger partial charge >= 0.3 is 0 Å². The summed E-state index contributed by atoms with van der Waals surface area (Å²) < 4.78 is 0. The summed E-state index contributed by atoms with van der Waals surface area (Å²) in [7, 11) is 0. The Morgan fingerprint density at radius 2 is 1.88 bits per heavy atom. The van der Waals surface area contributed by atoms with Crippen molar-refractivity contribution in [3.63, 3.8) is 0 Å². The Bertz CT molecular complexity index is 398. The van der Waals surface area contributed by atoms with Crippen molar-refractivity contribution in [2.75, 3.05) is 6.54 Å². The Morgan fingerprint density at radius 3 is 2.35 bits per heavy atom. The first-order chi connectivity index (χ1) is 8.00. The second-order valence-electron chi connectivity index (χ2n) is 3.91. The largest absolute Gasteiger partial charge is 0.356 e. The van der Waals surface area contributed by atoms with Gasteiger partial charge in [0.25, 0.3) is 0 Å². The highest BCUT2D eigenvalue weighted by Crippen LogP contribution is 2.10. The van der Waals surface area contributed by atoms with Gasteiger partial charge in [-0.05, 0) is 18.9 Å². The number of hydrogen-bond donors (Lipinski definition) is 1. The molecule has 0 aliphatic carbocycles. The summed E-state index contributed by atoms with van der Waals surface area (Å²) in [5, 5.41) is 2.22. The molecular weight excluding hydrogens is 238 g/mol. The van der Waals surface area contributed by atoms with Crippen LogP contribution in [-0.4, -0.2) is 23.6 Å². The number of halogens is 1. The summed E-state index contributed by atoms with van der Waals surface area (Å²) >= 11 is 5.72. The Balaban J connectivity index is 2.56. The van der Waals surface area contributed by atoms with Gasteiger partial charge in [0, 0.05) is 19.0 Å². The Morgan fingerprint density at radius 1 is 1.29 bits per heavy atom. The van der Waals surface area contributed by atoms with Gasteiger partial charge in [-0.2, -0.15) is 0 Å². The molecule has 0 saturated heterocycles. The molecule has 17 heavy (non-hydrogen) atoms. The van der Waals surface area contributed by atoms with Gasteiger partial charge in [0.15, 0.2) is 5.78 Å². The molecule has 0 aliphatic rings. The number of nitrogens with one attached hydrogen (secondary N) is 1. The number of amides is 1. The van der Waals surface area contributed by atoms with Crippen LogP contribution in [0.5, 0.6) is 0 Å². The van der Waals surface area contributed by atoms with Crippen molar-refractivity contribution in [3.05, 3.63) is 35.4 Å². The minimum atomic E-state index is -0.500. The van der Waals surface area contributed by atoms with E-state index in [2.05, 4.69) is 5.32 Å². The van der Waals surface area contributed by atoms with E-state index in [-0.39, 0.29) is 11.7 Å². The molecule has 0 saturated carbocycles. The van der Waals surface area contributed by atoms with Gasteiger partial charge in [-0.1, -0.05) is 24.3 Å². The molecule has 0 fully saturated rings. The second kappa shape index (κ2) is 6.40. The van der Waals surface area contributed by atoms with Crippen molar-refractivity contribution in [1.29, 1.82) is 0 Å². The standard InChI is InChI=1S/C13H16ClNO2/c1-9(14)13(17)12-5-3-11(4-6-12)7-8-15-10(2)16/h3-6,9H,7-8H2,1-2H3,(H,15,16)/t9-/m0/s1. The van der Waals surface area contributed by atoms with Crippen molar-refractivity contribution in [2.24, 2.45) is 0 Å².